The van der Waals surface area contributed by atoms with E-state index in [1.165, 1.54) is 6.07 Å². The molecule has 0 aliphatic heterocycles. The number of fused-ring (bicyclic) bond motifs is 2. The van der Waals surface area contributed by atoms with Crippen molar-refractivity contribution in [3.63, 3.8) is 0 Å². The Kier molecular flexibility index (Phi) is 4.74. The van der Waals surface area contributed by atoms with Gasteiger partial charge in [0, 0.05) is 42.8 Å². The summed E-state index contributed by atoms with van der Waals surface area (Å²) in [6, 6.07) is 17.7. The van der Waals surface area contributed by atoms with Gasteiger partial charge in [0.1, 0.15) is 22.8 Å². The monoisotopic (exact) mass is 464 g/mol. The minimum absolute atomic E-state index is 0.115. The standard InChI is InChI=1S/C27H21FN6O/c1-34(2)18-9-16(13-29-14-18)22-6-7-24-26(31-22)27(33-32-24)25-12-21-20(4-3-5-23(21)30-25)15-8-17(28)11-19(35)10-15/h3-14,30,35H,1-2H3,(H,32,33). The lowest BCUT2D eigenvalue weighted by Gasteiger charge is -2.12. The first-order valence-corrected chi connectivity index (χ1v) is 11.1. The lowest BCUT2D eigenvalue weighted by atomic mass is 10.0. The van der Waals surface area contributed by atoms with Crippen LogP contribution in [0.3, 0.4) is 0 Å². The molecule has 0 fully saturated rings. The number of phenolic OH excluding ortho intramolecular Hbond substituents is 1. The number of hydrogen-bond donors (Lipinski definition) is 3. The molecule has 8 heteroatoms. The van der Waals surface area contributed by atoms with Gasteiger partial charge in [-0.1, -0.05) is 12.1 Å². The molecule has 0 spiro atoms. The summed E-state index contributed by atoms with van der Waals surface area (Å²) in [7, 11) is 3.95. The molecule has 6 rings (SSSR count). The predicted molar refractivity (Wildman–Crippen MR) is 136 cm³/mol. The van der Waals surface area contributed by atoms with E-state index in [4.69, 9.17) is 4.98 Å². The van der Waals surface area contributed by atoms with Crippen molar-refractivity contribution < 1.29 is 9.50 Å². The van der Waals surface area contributed by atoms with Gasteiger partial charge in [0.15, 0.2) is 0 Å². The Morgan fingerprint density at radius 2 is 1.80 bits per heavy atom. The maximum absolute atomic E-state index is 14.0. The van der Waals surface area contributed by atoms with Crippen LogP contribution in [0.2, 0.25) is 0 Å². The van der Waals surface area contributed by atoms with Crippen molar-refractivity contribution in [2.75, 3.05) is 19.0 Å². The number of aromatic amines is 2. The Balaban J connectivity index is 1.48. The second-order valence-electron chi connectivity index (χ2n) is 8.64. The van der Waals surface area contributed by atoms with Gasteiger partial charge in [0.2, 0.25) is 0 Å². The first-order valence-electron chi connectivity index (χ1n) is 11.1. The average Bonchev–Trinajstić information content (AvgIpc) is 3.47. The number of pyridine rings is 2. The Bertz CT molecular complexity index is 1700. The molecule has 2 aromatic carbocycles. The van der Waals surface area contributed by atoms with E-state index in [0.29, 0.717) is 11.3 Å². The summed E-state index contributed by atoms with van der Waals surface area (Å²) >= 11 is 0. The van der Waals surface area contributed by atoms with E-state index in [9.17, 15) is 9.50 Å². The topological polar surface area (TPSA) is 93.7 Å². The number of nitrogens with one attached hydrogen (secondary N) is 2. The zero-order valence-electron chi connectivity index (χ0n) is 19.0. The van der Waals surface area contributed by atoms with Crippen LogP contribution in [0, 0.1) is 5.82 Å². The highest BCUT2D eigenvalue weighted by atomic mass is 19.1. The van der Waals surface area contributed by atoms with E-state index in [-0.39, 0.29) is 5.75 Å². The van der Waals surface area contributed by atoms with Crippen molar-refractivity contribution in [1.82, 2.24) is 25.1 Å². The lowest BCUT2D eigenvalue weighted by molar-refractivity contribution is 0.469. The molecule has 0 unspecified atom stereocenters. The first kappa shape index (κ1) is 20.9. The van der Waals surface area contributed by atoms with Crippen LogP contribution in [-0.4, -0.2) is 44.4 Å². The molecule has 4 aromatic heterocycles. The second kappa shape index (κ2) is 7.95. The predicted octanol–water partition coefficient (Wildman–Crippen LogP) is 5.75. The van der Waals surface area contributed by atoms with Gasteiger partial charge in [-0.2, -0.15) is 5.10 Å². The van der Waals surface area contributed by atoms with Gasteiger partial charge in [0.05, 0.1) is 28.8 Å². The molecule has 0 saturated carbocycles. The molecule has 6 aromatic rings. The highest BCUT2D eigenvalue weighted by Crippen LogP contribution is 2.35. The molecule has 3 N–H and O–H groups in total. The molecule has 35 heavy (non-hydrogen) atoms. The van der Waals surface area contributed by atoms with Crippen molar-refractivity contribution in [2.24, 2.45) is 0 Å². The Morgan fingerprint density at radius 1 is 0.914 bits per heavy atom. The number of phenols is 1. The third kappa shape index (κ3) is 3.65. The van der Waals surface area contributed by atoms with Crippen molar-refractivity contribution in [1.29, 1.82) is 0 Å². The maximum Gasteiger partial charge on any atom is 0.135 e. The maximum atomic E-state index is 14.0. The fourth-order valence-corrected chi connectivity index (χ4v) is 4.32. The molecule has 172 valence electrons. The van der Waals surface area contributed by atoms with E-state index in [2.05, 4.69) is 20.2 Å². The van der Waals surface area contributed by atoms with Crippen molar-refractivity contribution in [2.45, 2.75) is 0 Å². The first-order chi connectivity index (χ1) is 17.0. The van der Waals surface area contributed by atoms with Crippen LogP contribution < -0.4 is 4.90 Å². The van der Waals surface area contributed by atoms with Crippen LogP contribution in [0.15, 0.2) is 73.1 Å². The van der Waals surface area contributed by atoms with Crippen LogP contribution in [0.25, 0.3) is 55.7 Å². The Morgan fingerprint density at radius 3 is 2.63 bits per heavy atom. The number of H-pyrrole nitrogens is 2. The van der Waals surface area contributed by atoms with Crippen LogP contribution in [0.5, 0.6) is 5.75 Å². The minimum atomic E-state index is -0.490. The molecule has 0 amide bonds. The fraction of sp³-hybridized carbons (Fsp3) is 0.0741. The van der Waals surface area contributed by atoms with Gasteiger partial charge >= 0.3 is 0 Å². The molecular formula is C27H21FN6O. The van der Waals surface area contributed by atoms with E-state index in [0.717, 1.165) is 56.2 Å². The third-order valence-electron chi connectivity index (χ3n) is 6.06. The Hall–Kier alpha value is -4.72. The minimum Gasteiger partial charge on any atom is -0.508 e. The van der Waals surface area contributed by atoms with Crippen molar-refractivity contribution in [3.05, 3.63) is 78.9 Å². The van der Waals surface area contributed by atoms with Crippen LogP contribution >= 0.6 is 0 Å². The molecule has 4 heterocycles. The van der Waals surface area contributed by atoms with E-state index in [1.807, 2.05) is 67.7 Å². The van der Waals surface area contributed by atoms with Crippen LogP contribution in [0.4, 0.5) is 10.1 Å². The largest absolute Gasteiger partial charge is 0.508 e. The molecule has 0 radical (unpaired) electrons. The molecule has 7 nitrogen and oxygen atoms in total. The summed E-state index contributed by atoms with van der Waals surface area (Å²) in [5.74, 6) is -0.605. The highest BCUT2D eigenvalue weighted by Gasteiger charge is 2.16. The summed E-state index contributed by atoms with van der Waals surface area (Å²) in [5.41, 5.74) is 7.98. The molecule has 0 bridgehead atoms. The van der Waals surface area contributed by atoms with Crippen LogP contribution in [0.1, 0.15) is 0 Å². The van der Waals surface area contributed by atoms with Gasteiger partial charge in [-0.05, 0) is 53.6 Å². The average molecular weight is 465 g/mol. The van der Waals surface area contributed by atoms with Crippen molar-refractivity contribution >= 4 is 27.6 Å². The molecular weight excluding hydrogens is 443 g/mol. The summed E-state index contributed by atoms with van der Waals surface area (Å²) in [6.07, 6.45) is 3.61. The van der Waals surface area contributed by atoms with Gasteiger partial charge in [-0.15, -0.1) is 0 Å². The van der Waals surface area contributed by atoms with E-state index < -0.39 is 5.82 Å². The third-order valence-corrected chi connectivity index (χ3v) is 6.06. The number of benzene rings is 2. The summed E-state index contributed by atoms with van der Waals surface area (Å²) in [4.78, 5) is 14.7. The molecule has 0 atom stereocenters. The van der Waals surface area contributed by atoms with Gasteiger partial charge in [0.25, 0.3) is 0 Å². The zero-order chi connectivity index (χ0) is 24.1. The summed E-state index contributed by atoms with van der Waals surface area (Å²) < 4.78 is 14.0. The zero-order valence-corrected chi connectivity index (χ0v) is 19.0. The lowest BCUT2D eigenvalue weighted by Crippen LogP contribution is -2.08. The molecule has 0 aliphatic carbocycles. The van der Waals surface area contributed by atoms with Gasteiger partial charge < -0.3 is 15.0 Å². The molecule has 0 saturated heterocycles. The number of aromatic nitrogens is 5. The number of nitrogens with zero attached hydrogens (tertiary/aromatic N) is 4. The second-order valence-corrected chi connectivity index (χ2v) is 8.64. The summed E-state index contributed by atoms with van der Waals surface area (Å²) in [5, 5.41) is 18.4. The van der Waals surface area contributed by atoms with Crippen LogP contribution in [-0.2, 0) is 0 Å². The van der Waals surface area contributed by atoms with E-state index in [1.54, 1.807) is 12.3 Å². The fourth-order valence-electron chi connectivity index (χ4n) is 4.32. The normalized spacial score (nSPS) is 11.4. The quantitative estimate of drug-likeness (QED) is 0.309. The van der Waals surface area contributed by atoms with Gasteiger partial charge in [-0.3, -0.25) is 10.1 Å². The van der Waals surface area contributed by atoms with Gasteiger partial charge in [-0.25, -0.2) is 9.37 Å². The number of rotatable bonds is 4. The smallest absolute Gasteiger partial charge is 0.135 e. The number of halogens is 1. The number of hydrogen-bond acceptors (Lipinski definition) is 5. The number of anilines is 1. The summed E-state index contributed by atoms with van der Waals surface area (Å²) in [6.45, 7) is 0. The molecule has 0 aliphatic rings. The highest BCUT2D eigenvalue weighted by molar-refractivity contribution is 6.00. The SMILES string of the molecule is CN(C)c1cncc(-c2ccc3[nH]nc(-c4cc5c(-c6cc(O)cc(F)c6)cccc5[nH]4)c3n2)c1. The van der Waals surface area contributed by atoms with E-state index >= 15 is 0 Å². The Labute approximate surface area is 199 Å². The number of aromatic hydroxyl groups is 1. The van der Waals surface area contributed by atoms with Crippen molar-refractivity contribution in [3.8, 4) is 39.5 Å².